The lowest BCUT2D eigenvalue weighted by Gasteiger charge is -2.15. The minimum atomic E-state index is -4.15. The average molecular weight is 359 g/mol. The van der Waals surface area contributed by atoms with Crippen molar-refractivity contribution < 1.29 is 22.0 Å². The number of halogens is 2. The predicted molar refractivity (Wildman–Crippen MR) is 84.0 cm³/mol. The Morgan fingerprint density at radius 2 is 1.78 bits per heavy atom. The van der Waals surface area contributed by atoms with Gasteiger partial charge >= 0.3 is 0 Å². The number of rotatable bonds is 3. The Balaban J connectivity index is 2.29. The first-order chi connectivity index (χ1) is 10.5. The molecule has 2 rings (SSSR count). The fraction of sp³-hybridized carbons (Fsp3) is 0.267. The Bertz CT molecular complexity index is 852. The molecule has 0 spiro atoms. The summed E-state index contributed by atoms with van der Waals surface area (Å²) >= 11 is 1.02. The lowest BCUT2D eigenvalue weighted by atomic mass is 9.95. The fourth-order valence-electron chi connectivity index (χ4n) is 1.77. The summed E-state index contributed by atoms with van der Waals surface area (Å²) in [6.45, 7) is 5.78. The van der Waals surface area contributed by atoms with Crippen LogP contribution in [0.2, 0.25) is 0 Å². The monoisotopic (exact) mass is 359 g/mol. The molecule has 0 aliphatic carbocycles. The van der Waals surface area contributed by atoms with Gasteiger partial charge in [-0.1, -0.05) is 26.8 Å². The number of sulfonamides is 1. The molecule has 0 atom stereocenters. The largest absolute Gasteiger partial charge is 0.273 e. The van der Waals surface area contributed by atoms with Crippen LogP contribution in [-0.2, 0) is 15.4 Å². The van der Waals surface area contributed by atoms with Crippen LogP contribution < -0.4 is 4.72 Å². The molecule has 1 amide bonds. The number of thiophene rings is 1. The van der Waals surface area contributed by atoms with Crippen LogP contribution in [0.15, 0.2) is 34.5 Å². The van der Waals surface area contributed by atoms with Crippen molar-refractivity contribution in [3.63, 3.8) is 0 Å². The van der Waals surface area contributed by atoms with E-state index in [1.165, 1.54) is 6.07 Å². The van der Waals surface area contributed by atoms with Gasteiger partial charge in [-0.3, -0.25) is 4.79 Å². The first-order valence-electron chi connectivity index (χ1n) is 6.64. The SMILES string of the molecule is CC(C)(C)c1ccc(S(=O)(=O)NC(=O)c2cccc(F)c2F)s1. The van der Waals surface area contributed by atoms with E-state index in [-0.39, 0.29) is 9.62 Å². The van der Waals surface area contributed by atoms with Gasteiger partial charge in [-0.05, 0) is 29.7 Å². The molecule has 0 radical (unpaired) electrons. The molecule has 0 aliphatic heterocycles. The van der Waals surface area contributed by atoms with E-state index in [4.69, 9.17) is 0 Å². The second kappa shape index (κ2) is 6.01. The number of carbonyl (C=O) groups is 1. The third-order valence-electron chi connectivity index (χ3n) is 3.01. The zero-order valence-electron chi connectivity index (χ0n) is 12.7. The number of carbonyl (C=O) groups excluding carboxylic acids is 1. The maximum atomic E-state index is 13.6. The van der Waals surface area contributed by atoms with E-state index < -0.39 is 33.1 Å². The van der Waals surface area contributed by atoms with Gasteiger partial charge in [0, 0.05) is 4.88 Å². The second-order valence-corrected chi connectivity index (χ2v) is 8.90. The molecule has 0 bridgehead atoms. The molecule has 23 heavy (non-hydrogen) atoms. The van der Waals surface area contributed by atoms with Crippen molar-refractivity contribution in [2.45, 2.75) is 30.4 Å². The van der Waals surface area contributed by atoms with E-state index in [2.05, 4.69) is 0 Å². The van der Waals surface area contributed by atoms with Crippen LogP contribution in [0.1, 0.15) is 36.0 Å². The summed E-state index contributed by atoms with van der Waals surface area (Å²) in [5, 5.41) is 0. The molecule has 0 saturated carbocycles. The molecule has 1 N–H and O–H groups in total. The summed E-state index contributed by atoms with van der Waals surface area (Å²) in [6, 6.07) is 6.02. The van der Waals surface area contributed by atoms with Gasteiger partial charge in [0.2, 0.25) is 0 Å². The van der Waals surface area contributed by atoms with Crippen molar-refractivity contribution in [3.8, 4) is 0 Å². The molecule has 1 heterocycles. The van der Waals surface area contributed by atoms with Crippen molar-refractivity contribution in [2.75, 3.05) is 0 Å². The third-order valence-corrected chi connectivity index (χ3v) is 6.34. The Morgan fingerprint density at radius 3 is 2.35 bits per heavy atom. The zero-order chi connectivity index (χ0) is 17.4. The number of amides is 1. The first kappa shape index (κ1) is 17.6. The van der Waals surface area contributed by atoms with E-state index >= 15 is 0 Å². The van der Waals surface area contributed by atoms with Gasteiger partial charge in [0.05, 0.1) is 5.56 Å². The maximum absolute atomic E-state index is 13.6. The van der Waals surface area contributed by atoms with Gasteiger partial charge in [0.15, 0.2) is 11.6 Å². The number of hydrogen-bond acceptors (Lipinski definition) is 4. The third kappa shape index (κ3) is 3.76. The van der Waals surface area contributed by atoms with Gasteiger partial charge in [-0.15, -0.1) is 11.3 Å². The summed E-state index contributed by atoms with van der Waals surface area (Å²) in [5.74, 6) is -3.82. The van der Waals surface area contributed by atoms with Gasteiger partial charge in [-0.2, -0.15) is 0 Å². The lowest BCUT2D eigenvalue weighted by molar-refractivity contribution is 0.0976. The van der Waals surface area contributed by atoms with E-state index in [1.54, 1.807) is 10.8 Å². The van der Waals surface area contributed by atoms with Crippen LogP contribution in [0.3, 0.4) is 0 Å². The molecule has 2 aromatic rings. The predicted octanol–water partition coefficient (Wildman–Crippen LogP) is 3.44. The van der Waals surface area contributed by atoms with Crippen LogP contribution >= 0.6 is 11.3 Å². The van der Waals surface area contributed by atoms with Crippen molar-refractivity contribution >= 4 is 27.3 Å². The van der Waals surface area contributed by atoms with Gasteiger partial charge in [0.25, 0.3) is 15.9 Å². The number of nitrogens with one attached hydrogen (secondary N) is 1. The summed E-state index contributed by atoms with van der Waals surface area (Å²) in [4.78, 5) is 12.7. The molecule has 0 aliphatic rings. The summed E-state index contributed by atoms with van der Waals surface area (Å²) in [6.07, 6.45) is 0. The highest BCUT2D eigenvalue weighted by Gasteiger charge is 2.25. The Kier molecular flexibility index (Phi) is 4.59. The molecule has 124 valence electrons. The summed E-state index contributed by atoms with van der Waals surface area (Å²) in [5.41, 5.74) is -0.905. The molecular weight excluding hydrogens is 344 g/mol. The zero-order valence-corrected chi connectivity index (χ0v) is 14.3. The van der Waals surface area contributed by atoms with Crippen LogP contribution in [0, 0.1) is 11.6 Å². The van der Waals surface area contributed by atoms with Gasteiger partial charge in [-0.25, -0.2) is 21.9 Å². The van der Waals surface area contributed by atoms with Crippen LogP contribution in [0.5, 0.6) is 0 Å². The van der Waals surface area contributed by atoms with Crippen LogP contribution in [0.25, 0.3) is 0 Å². The molecule has 8 heteroatoms. The molecule has 1 aromatic carbocycles. The van der Waals surface area contributed by atoms with Gasteiger partial charge < -0.3 is 0 Å². The number of benzene rings is 1. The molecule has 0 unspecified atom stereocenters. The van der Waals surface area contributed by atoms with Crippen molar-refractivity contribution in [3.05, 3.63) is 52.4 Å². The maximum Gasteiger partial charge on any atom is 0.273 e. The summed E-state index contributed by atoms with van der Waals surface area (Å²) < 4.78 is 52.8. The quantitative estimate of drug-likeness (QED) is 0.913. The van der Waals surface area contributed by atoms with E-state index in [9.17, 15) is 22.0 Å². The van der Waals surface area contributed by atoms with Crippen LogP contribution in [-0.4, -0.2) is 14.3 Å². The number of hydrogen-bond donors (Lipinski definition) is 1. The second-order valence-electron chi connectivity index (χ2n) is 5.90. The Hall–Kier alpha value is -1.80. The molecular formula is C15H15F2NO3S2. The minimum Gasteiger partial charge on any atom is -0.268 e. The van der Waals surface area contributed by atoms with Gasteiger partial charge in [0.1, 0.15) is 4.21 Å². The highest BCUT2D eigenvalue weighted by Crippen LogP contribution is 2.31. The summed E-state index contributed by atoms with van der Waals surface area (Å²) in [7, 11) is -4.15. The topological polar surface area (TPSA) is 63.2 Å². The smallest absolute Gasteiger partial charge is 0.268 e. The Morgan fingerprint density at radius 1 is 1.13 bits per heavy atom. The van der Waals surface area contributed by atoms with E-state index in [1.807, 2.05) is 20.8 Å². The van der Waals surface area contributed by atoms with Crippen molar-refractivity contribution in [1.82, 2.24) is 4.72 Å². The standard InChI is InChI=1S/C15H15F2NO3S2/c1-15(2,3)11-7-8-12(22-11)23(20,21)18-14(19)9-5-4-6-10(16)13(9)17/h4-8H,1-3H3,(H,18,19). The lowest BCUT2D eigenvalue weighted by Crippen LogP contribution is -2.30. The molecule has 4 nitrogen and oxygen atoms in total. The molecule has 0 saturated heterocycles. The minimum absolute atomic E-state index is 0.0624. The molecule has 0 fully saturated rings. The highest BCUT2D eigenvalue weighted by atomic mass is 32.2. The molecule has 1 aromatic heterocycles. The van der Waals surface area contributed by atoms with E-state index in [0.29, 0.717) is 0 Å². The average Bonchev–Trinajstić information content (AvgIpc) is 2.91. The first-order valence-corrected chi connectivity index (χ1v) is 8.94. The van der Waals surface area contributed by atoms with E-state index in [0.717, 1.165) is 34.4 Å². The van der Waals surface area contributed by atoms with Crippen LogP contribution in [0.4, 0.5) is 8.78 Å². The fourth-order valence-corrected chi connectivity index (χ4v) is 4.10. The van der Waals surface area contributed by atoms with Crippen molar-refractivity contribution in [1.29, 1.82) is 0 Å². The Labute approximate surface area is 137 Å². The van der Waals surface area contributed by atoms with Crippen molar-refractivity contribution in [2.24, 2.45) is 0 Å². The normalized spacial score (nSPS) is 12.2. The highest BCUT2D eigenvalue weighted by molar-refractivity contribution is 7.92.